The Morgan fingerprint density at radius 2 is 1.77 bits per heavy atom. The molecule has 8 nitrogen and oxygen atoms in total. The van der Waals surface area contributed by atoms with Crippen molar-refractivity contribution in [3.8, 4) is 5.75 Å². The van der Waals surface area contributed by atoms with E-state index in [0.29, 0.717) is 23.3 Å². The molecule has 39 heavy (non-hydrogen) atoms. The van der Waals surface area contributed by atoms with E-state index in [-0.39, 0.29) is 25.3 Å². The quantitative estimate of drug-likeness (QED) is 0.324. The van der Waals surface area contributed by atoms with Crippen LogP contribution in [0.5, 0.6) is 5.75 Å². The predicted molar refractivity (Wildman–Crippen MR) is 147 cm³/mol. The first-order valence-corrected chi connectivity index (χ1v) is 13.0. The van der Waals surface area contributed by atoms with Gasteiger partial charge in [0.25, 0.3) is 5.91 Å². The maximum atomic E-state index is 14.5. The maximum absolute atomic E-state index is 14.5. The van der Waals surface area contributed by atoms with Gasteiger partial charge in [-0.3, -0.25) is 9.59 Å². The largest absolute Gasteiger partial charge is 0.491 e. The zero-order valence-corrected chi connectivity index (χ0v) is 22.3. The van der Waals surface area contributed by atoms with Crippen LogP contribution in [0.3, 0.4) is 0 Å². The van der Waals surface area contributed by atoms with Crippen LogP contribution >= 0.6 is 0 Å². The third-order valence-electron chi connectivity index (χ3n) is 6.09. The summed E-state index contributed by atoms with van der Waals surface area (Å²) >= 11 is 0. The van der Waals surface area contributed by atoms with Crippen molar-refractivity contribution in [3.05, 3.63) is 95.3 Å². The van der Waals surface area contributed by atoms with Crippen LogP contribution in [0.2, 0.25) is 0 Å². The van der Waals surface area contributed by atoms with Crippen LogP contribution in [0.15, 0.2) is 72.8 Å². The van der Waals surface area contributed by atoms with Gasteiger partial charge in [0.2, 0.25) is 5.91 Å². The molecule has 0 aromatic heterocycles. The molecular weight excluding hydrogens is 501 g/mol. The summed E-state index contributed by atoms with van der Waals surface area (Å²) in [6.45, 7) is 5.73. The van der Waals surface area contributed by atoms with Crippen LogP contribution in [0, 0.1) is 12.7 Å². The van der Waals surface area contributed by atoms with Crippen LogP contribution in [0.1, 0.15) is 43.0 Å². The second kappa shape index (κ2) is 14.1. The topological polar surface area (TPSA) is 108 Å². The Hall–Kier alpha value is -4.24. The monoisotopic (exact) mass is 535 g/mol. The van der Waals surface area contributed by atoms with Crippen LogP contribution in [0.4, 0.5) is 14.9 Å². The van der Waals surface area contributed by atoms with E-state index in [4.69, 9.17) is 9.84 Å². The molecular formula is C30H34FN3O5. The Balaban J connectivity index is 0.00000205. The Labute approximate surface area is 227 Å². The summed E-state index contributed by atoms with van der Waals surface area (Å²) in [5.41, 5.74) is 2.12. The highest BCUT2D eigenvalue weighted by Gasteiger charge is 2.45. The SMILES string of the molecule is CC.Cc1ccc(NC(=O)C(CCc2ccccc2)N2C(=O)N[C@H](c3ccc(OCCO)cc3)C2=O)c(F)c1. The molecule has 3 aromatic carbocycles. The van der Waals surface area contributed by atoms with Crippen LogP contribution in [-0.2, 0) is 16.0 Å². The summed E-state index contributed by atoms with van der Waals surface area (Å²) in [5, 5.41) is 14.1. The maximum Gasteiger partial charge on any atom is 0.325 e. The van der Waals surface area contributed by atoms with E-state index in [1.165, 1.54) is 12.1 Å². The molecule has 1 saturated heterocycles. The van der Waals surface area contributed by atoms with E-state index < -0.39 is 35.7 Å². The zero-order valence-electron chi connectivity index (χ0n) is 22.3. The molecule has 0 spiro atoms. The summed E-state index contributed by atoms with van der Waals surface area (Å²) < 4.78 is 19.8. The van der Waals surface area contributed by atoms with Gasteiger partial charge >= 0.3 is 6.03 Å². The highest BCUT2D eigenvalue weighted by Crippen LogP contribution is 2.28. The molecule has 0 aliphatic carbocycles. The first-order chi connectivity index (χ1) is 18.9. The number of carbonyl (C=O) groups excluding carboxylic acids is 3. The molecule has 3 aromatic rings. The number of halogens is 1. The molecule has 1 aliphatic rings. The third kappa shape index (κ3) is 7.42. The summed E-state index contributed by atoms with van der Waals surface area (Å²) in [4.78, 5) is 40.7. The van der Waals surface area contributed by atoms with Gasteiger partial charge in [0.15, 0.2) is 0 Å². The number of anilines is 1. The Kier molecular flexibility index (Phi) is 10.6. The van der Waals surface area contributed by atoms with E-state index >= 15 is 0 Å². The first kappa shape index (κ1) is 29.3. The Bertz CT molecular complexity index is 1270. The summed E-state index contributed by atoms with van der Waals surface area (Å²) in [5.74, 6) is -1.33. The Morgan fingerprint density at radius 1 is 1.08 bits per heavy atom. The minimum atomic E-state index is -1.16. The number of amides is 4. The van der Waals surface area contributed by atoms with Gasteiger partial charge in [0.05, 0.1) is 12.3 Å². The Morgan fingerprint density at radius 3 is 2.41 bits per heavy atom. The van der Waals surface area contributed by atoms with Crippen molar-refractivity contribution in [2.45, 2.75) is 45.7 Å². The molecule has 1 fully saturated rings. The van der Waals surface area contributed by atoms with Gasteiger partial charge < -0.3 is 20.5 Å². The highest BCUT2D eigenvalue weighted by atomic mass is 19.1. The summed E-state index contributed by atoms with van der Waals surface area (Å²) in [7, 11) is 0. The van der Waals surface area contributed by atoms with Gasteiger partial charge in [0, 0.05) is 0 Å². The highest BCUT2D eigenvalue weighted by molar-refractivity contribution is 6.09. The average Bonchev–Trinajstić information content (AvgIpc) is 3.24. The van der Waals surface area contributed by atoms with Gasteiger partial charge in [-0.25, -0.2) is 14.1 Å². The minimum Gasteiger partial charge on any atom is -0.491 e. The molecule has 1 unspecified atom stereocenters. The molecule has 1 heterocycles. The minimum absolute atomic E-state index is 0.0256. The van der Waals surface area contributed by atoms with Crippen LogP contribution in [-0.4, -0.2) is 47.1 Å². The fraction of sp³-hybridized carbons (Fsp3) is 0.300. The number of nitrogens with zero attached hydrogens (tertiary/aromatic N) is 1. The smallest absolute Gasteiger partial charge is 0.325 e. The van der Waals surface area contributed by atoms with Crippen LogP contribution < -0.4 is 15.4 Å². The fourth-order valence-corrected chi connectivity index (χ4v) is 4.20. The van der Waals surface area contributed by atoms with E-state index in [1.54, 1.807) is 37.3 Å². The summed E-state index contributed by atoms with van der Waals surface area (Å²) in [6, 6.07) is 17.5. The molecule has 206 valence electrons. The lowest BCUT2D eigenvalue weighted by Gasteiger charge is -2.25. The number of ether oxygens (including phenoxy) is 1. The predicted octanol–water partition coefficient (Wildman–Crippen LogP) is 4.76. The second-order valence-electron chi connectivity index (χ2n) is 8.74. The molecule has 0 bridgehead atoms. The zero-order chi connectivity index (χ0) is 28.4. The third-order valence-corrected chi connectivity index (χ3v) is 6.09. The van der Waals surface area contributed by atoms with Crippen molar-refractivity contribution in [3.63, 3.8) is 0 Å². The lowest BCUT2D eigenvalue weighted by molar-refractivity contribution is -0.134. The normalized spacial score (nSPS) is 15.2. The van der Waals surface area contributed by atoms with E-state index in [9.17, 15) is 18.8 Å². The average molecular weight is 536 g/mol. The number of rotatable bonds is 10. The van der Waals surface area contributed by atoms with Crippen molar-refractivity contribution in [1.82, 2.24) is 10.2 Å². The fourth-order valence-electron chi connectivity index (χ4n) is 4.20. The van der Waals surface area contributed by atoms with Crippen molar-refractivity contribution >= 4 is 23.5 Å². The lowest BCUT2D eigenvalue weighted by atomic mass is 10.0. The number of nitrogens with one attached hydrogen (secondary N) is 2. The van der Waals surface area contributed by atoms with E-state index in [1.807, 2.05) is 44.2 Å². The van der Waals surface area contributed by atoms with Gasteiger partial charge in [0.1, 0.15) is 30.3 Å². The number of benzene rings is 3. The molecule has 9 heteroatoms. The van der Waals surface area contributed by atoms with Crippen molar-refractivity contribution < 1.29 is 28.6 Å². The van der Waals surface area contributed by atoms with Gasteiger partial charge in [-0.2, -0.15) is 0 Å². The molecule has 0 radical (unpaired) electrons. The van der Waals surface area contributed by atoms with Crippen molar-refractivity contribution in [2.24, 2.45) is 0 Å². The van der Waals surface area contributed by atoms with Gasteiger partial charge in [-0.05, 0) is 60.7 Å². The van der Waals surface area contributed by atoms with Gasteiger partial charge in [-0.1, -0.05) is 62.4 Å². The molecule has 3 N–H and O–H groups in total. The van der Waals surface area contributed by atoms with Crippen molar-refractivity contribution in [2.75, 3.05) is 18.5 Å². The molecule has 4 amide bonds. The second-order valence-corrected chi connectivity index (χ2v) is 8.74. The van der Waals surface area contributed by atoms with E-state index in [0.717, 1.165) is 10.5 Å². The molecule has 0 saturated carbocycles. The molecule has 4 rings (SSSR count). The number of urea groups is 1. The number of aryl methyl sites for hydroxylation is 2. The van der Waals surface area contributed by atoms with Gasteiger partial charge in [-0.15, -0.1) is 0 Å². The molecule has 2 atom stereocenters. The van der Waals surface area contributed by atoms with Crippen molar-refractivity contribution in [1.29, 1.82) is 0 Å². The number of carbonyl (C=O) groups is 3. The number of imide groups is 1. The lowest BCUT2D eigenvalue weighted by Crippen LogP contribution is -2.48. The number of aliphatic hydroxyl groups excluding tert-OH is 1. The first-order valence-electron chi connectivity index (χ1n) is 13.0. The standard InChI is InChI=1S/C28H28FN3O5.C2H6/c1-18-7-13-23(22(29)17-18)30-26(34)24(14-8-19-5-3-2-4-6-19)32-27(35)25(31-28(32)36)20-9-11-21(12-10-20)37-16-15-33;1-2/h2-7,9-13,17,24-25,33H,8,14-16H2,1H3,(H,30,34)(H,31,36);1-2H3/t24?,25-;/m1./s1. The summed E-state index contributed by atoms with van der Waals surface area (Å²) in [6.07, 6.45) is 0.580. The molecule has 1 aliphatic heterocycles. The number of hydrogen-bond donors (Lipinski definition) is 3. The van der Waals surface area contributed by atoms with E-state index in [2.05, 4.69) is 10.6 Å². The van der Waals surface area contributed by atoms with Crippen LogP contribution in [0.25, 0.3) is 0 Å². The number of aliphatic hydroxyl groups is 1. The number of hydrogen-bond acceptors (Lipinski definition) is 5.